The largest absolute Gasteiger partial charge is 0.465 e. The van der Waals surface area contributed by atoms with E-state index in [1.165, 1.54) is 0 Å². The number of aromatic nitrogens is 2. The van der Waals surface area contributed by atoms with Crippen LogP contribution in [0.3, 0.4) is 0 Å². The highest BCUT2D eigenvalue weighted by atomic mass is 79.9. The average Bonchev–Trinajstić information content (AvgIpc) is 3.22. The minimum Gasteiger partial charge on any atom is -0.465 e. The molecule has 26 heavy (non-hydrogen) atoms. The van der Waals surface area contributed by atoms with Gasteiger partial charge in [-0.3, -0.25) is 14.8 Å². The Kier molecular flexibility index (Phi) is 6.16. The number of aryl methyl sites for hydroxylation is 1. The molecule has 0 spiro atoms. The summed E-state index contributed by atoms with van der Waals surface area (Å²) in [6.45, 7) is 9.46. The van der Waals surface area contributed by atoms with Gasteiger partial charge in [0.25, 0.3) is 5.91 Å². The number of carbonyl (C=O) groups is 1. The molecular weight excluding hydrogens is 400 g/mol. The van der Waals surface area contributed by atoms with Crippen LogP contribution in [0, 0.1) is 6.92 Å². The predicted octanol–water partition coefficient (Wildman–Crippen LogP) is 3.00. The van der Waals surface area contributed by atoms with Gasteiger partial charge in [-0.05, 0) is 40.9 Å². The fourth-order valence-corrected chi connectivity index (χ4v) is 3.89. The van der Waals surface area contributed by atoms with Crippen LogP contribution in [0.1, 0.15) is 53.5 Å². The van der Waals surface area contributed by atoms with Crippen LogP contribution in [0.2, 0.25) is 0 Å². The van der Waals surface area contributed by atoms with Gasteiger partial charge < -0.3 is 14.5 Å². The molecule has 8 heteroatoms. The minimum atomic E-state index is -0.207. The molecule has 1 amide bonds. The Labute approximate surface area is 161 Å². The molecule has 1 saturated heterocycles. The third-order valence-electron chi connectivity index (χ3n) is 4.56. The first-order valence-electron chi connectivity index (χ1n) is 8.87. The van der Waals surface area contributed by atoms with Crippen LogP contribution in [-0.4, -0.2) is 53.9 Å². The molecule has 7 nitrogen and oxygen atoms in total. The Balaban J connectivity index is 1.72. The highest BCUT2D eigenvalue weighted by molar-refractivity contribution is 9.10. The van der Waals surface area contributed by atoms with Crippen LogP contribution < -0.4 is 5.32 Å². The predicted molar refractivity (Wildman–Crippen MR) is 101 cm³/mol. The van der Waals surface area contributed by atoms with Crippen molar-refractivity contribution in [1.29, 1.82) is 0 Å². The van der Waals surface area contributed by atoms with Crippen molar-refractivity contribution in [2.75, 3.05) is 32.8 Å². The van der Waals surface area contributed by atoms with E-state index in [0.29, 0.717) is 25.5 Å². The molecular formula is C18H25BrN4O3. The third-order valence-corrected chi connectivity index (χ3v) is 5.36. The summed E-state index contributed by atoms with van der Waals surface area (Å²) in [7, 11) is 0. The zero-order valence-corrected chi connectivity index (χ0v) is 16.9. The van der Waals surface area contributed by atoms with Crippen molar-refractivity contribution in [2.24, 2.45) is 0 Å². The Morgan fingerprint density at radius 1 is 1.38 bits per heavy atom. The van der Waals surface area contributed by atoms with E-state index in [0.717, 1.165) is 34.8 Å². The van der Waals surface area contributed by atoms with Crippen molar-refractivity contribution in [3.05, 3.63) is 39.5 Å². The van der Waals surface area contributed by atoms with Gasteiger partial charge in [-0.15, -0.1) is 0 Å². The molecule has 0 radical (unpaired) electrons. The smallest absolute Gasteiger partial charge is 0.273 e. The molecule has 2 aromatic heterocycles. The molecule has 2 aromatic rings. The minimum absolute atomic E-state index is 0.0289. The zero-order valence-electron chi connectivity index (χ0n) is 15.3. The van der Waals surface area contributed by atoms with Crippen molar-refractivity contribution in [3.8, 4) is 0 Å². The van der Waals surface area contributed by atoms with E-state index < -0.39 is 0 Å². The van der Waals surface area contributed by atoms with Crippen LogP contribution in [0.5, 0.6) is 0 Å². The lowest BCUT2D eigenvalue weighted by atomic mass is 10.1. The Morgan fingerprint density at radius 3 is 2.69 bits per heavy atom. The van der Waals surface area contributed by atoms with Crippen molar-refractivity contribution >= 4 is 21.8 Å². The lowest BCUT2D eigenvalue weighted by Gasteiger charge is -2.33. The molecule has 1 aliphatic rings. The highest BCUT2D eigenvalue weighted by Crippen LogP contribution is 2.26. The first kappa shape index (κ1) is 19.1. The Hall–Kier alpha value is -1.64. The molecule has 1 atom stereocenters. The number of H-pyrrole nitrogens is 1. The van der Waals surface area contributed by atoms with E-state index in [2.05, 4.69) is 36.3 Å². The Morgan fingerprint density at radius 2 is 2.12 bits per heavy atom. The number of nitrogens with zero attached hydrogens (tertiary/aromatic N) is 2. The molecule has 3 rings (SSSR count). The van der Waals surface area contributed by atoms with E-state index in [1.54, 1.807) is 0 Å². The fourth-order valence-electron chi connectivity index (χ4n) is 3.08. The van der Waals surface area contributed by atoms with E-state index in [1.807, 2.05) is 32.9 Å². The SMILES string of the molecule is Cc1ccc(C(CNC(=O)c2n[nH]c(C(C)C)c2Br)N2CCOCC2)o1. The van der Waals surface area contributed by atoms with Crippen molar-refractivity contribution in [3.63, 3.8) is 0 Å². The molecule has 142 valence electrons. The van der Waals surface area contributed by atoms with Gasteiger partial charge in [0.1, 0.15) is 11.5 Å². The zero-order chi connectivity index (χ0) is 18.7. The standard InChI is InChI=1S/C18H25BrN4O3/c1-11(2)16-15(19)17(22-21-16)18(24)20-10-13(14-5-4-12(3)26-14)23-6-8-25-9-7-23/h4-5,11,13H,6-10H2,1-3H3,(H,20,24)(H,21,22). The number of morpholine rings is 1. The van der Waals surface area contributed by atoms with Gasteiger partial charge >= 0.3 is 0 Å². The fraction of sp³-hybridized carbons (Fsp3) is 0.556. The summed E-state index contributed by atoms with van der Waals surface area (Å²) in [4.78, 5) is 14.9. The van der Waals surface area contributed by atoms with Gasteiger partial charge in [0.2, 0.25) is 0 Å². The van der Waals surface area contributed by atoms with Gasteiger partial charge in [-0.25, -0.2) is 0 Å². The summed E-state index contributed by atoms with van der Waals surface area (Å²) >= 11 is 3.48. The maximum Gasteiger partial charge on any atom is 0.273 e. The number of rotatable bonds is 6. The molecule has 0 aliphatic carbocycles. The summed E-state index contributed by atoms with van der Waals surface area (Å²) in [6, 6.07) is 3.89. The highest BCUT2D eigenvalue weighted by Gasteiger charge is 2.27. The second-order valence-electron chi connectivity index (χ2n) is 6.78. The summed E-state index contributed by atoms with van der Waals surface area (Å²) in [6.07, 6.45) is 0. The second kappa shape index (κ2) is 8.37. The average molecular weight is 425 g/mol. The Bertz CT molecular complexity index is 749. The van der Waals surface area contributed by atoms with Gasteiger partial charge in [0, 0.05) is 19.6 Å². The van der Waals surface area contributed by atoms with Crippen LogP contribution >= 0.6 is 15.9 Å². The number of ether oxygens (including phenoxy) is 1. The topological polar surface area (TPSA) is 83.4 Å². The summed E-state index contributed by atoms with van der Waals surface area (Å²) in [5.74, 6) is 1.77. The van der Waals surface area contributed by atoms with Crippen LogP contribution in [0.15, 0.2) is 21.0 Å². The monoisotopic (exact) mass is 424 g/mol. The maximum atomic E-state index is 12.6. The number of hydrogen-bond acceptors (Lipinski definition) is 5. The first-order valence-corrected chi connectivity index (χ1v) is 9.66. The molecule has 0 aromatic carbocycles. The normalized spacial score (nSPS) is 16.8. The quantitative estimate of drug-likeness (QED) is 0.744. The first-order chi connectivity index (χ1) is 12.5. The van der Waals surface area contributed by atoms with Crippen molar-refractivity contribution in [2.45, 2.75) is 32.7 Å². The van der Waals surface area contributed by atoms with Crippen molar-refractivity contribution in [1.82, 2.24) is 20.4 Å². The maximum absolute atomic E-state index is 12.6. The molecule has 0 saturated carbocycles. The van der Waals surface area contributed by atoms with E-state index in [9.17, 15) is 4.79 Å². The molecule has 3 heterocycles. The van der Waals surface area contributed by atoms with Crippen LogP contribution in [-0.2, 0) is 4.74 Å². The summed E-state index contributed by atoms with van der Waals surface area (Å²) in [5, 5.41) is 10.1. The van der Waals surface area contributed by atoms with Gasteiger partial charge in [-0.1, -0.05) is 13.8 Å². The molecule has 1 fully saturated rings. The van der Waals surface area contributed by atoms with Gasteiger partial charge in [-0.2, -0.15) is 5.10 Å². The van der Waals surface area contributed by atoms with Crippen LogP contribution in [0.4, 0.5) is 0 Å². The molecule has 2 N–H and O–H groups in total. The van der Waals surface area contributed by atoms with Crippen LogP contribution in [0.25, 0.3) is 0 Å². The number of hydrogen-bond donors (Lipinski definition) is 2. The lowest BCUT2D eigenvalue weighted by Crippen LogP contribution is -2.43. The number of furan rings is 1. The third kappa shape index (κ3) is 4.19. The number of carbonyl (C=O) groups excluding carboxylic acids is 1. The van der Waals surface area contributed by atoms with E-state index in [-0.39, 0.29) is 17.9 Å². The van der Waals surface area contributed by atoms with Crippen molar-refractivity contribution < 1.29 is 13.9 Å². The molecule has 0 bridgehead atoms. The molecule has 1 aliphatic heterocycles. The van der Waals surface area contributed by atoms with Gasteiger partial charge in [0.15, 0.2) is 5.69 Å². The molecule has 1 unspecified atom stereocenters. The lowest BCUT2D eigenvalue weighted by molar-refractivity contribution is 0.0116. The van der Waals surface area contributed by atoms with Gasteiger partial charge in [0.05, 0.1) is 29.4 Å². The number of halogens is 1. The van der Waals surface area contributed by atoms with E-state index >= 15 is 0 Å². The number of nitrogens with one attached hydrogen (secondary N) is 2. The number of amides is 1. The summed E-state index contributed by atoms with van der Waals surface area (Å²) in [5.41, 5.74) is 1.30. The number of aromatic amines is 1. The second-order valence-corrected chi connectivity index (χ2v) is 7.57. The van der Waals surface area contributed by atoms with E-state index in [4.69, 9.17) is 9.15 Å². The summed E-state index contributed by atoms with van der Waals surface area (Å²) < 4.78 is 12.0.